The maximum absolute atomic E-state index is 14.1. The third-order valence-corrected chi connectivity index (χ3v) is 8.77. The number of aromatic carboxylic acids is 1. The first-order valence-electron chi connectivity index (χ1n) is 14.0. The zero-order valence-electron chi connectivity index (χ0n) is 23.5. The third kappa shape index (κ3) is 7.36. The minimum absolute atomic E-state index is 0.00546. The second-order valence-electron chi connectivity index (χ2n) is 12.2. The quantitative estimate of drug-likeness (QED) is 0.467. The van der Waals surface area contributed by atoms with Crippen molar-refractivity contribution < 1.29 is 24.2 Å². The van der Waals surface area contributed by atoms with Crippen LogP contribution in [0.1, 0.15) is 87.2 Å². The second kappa shape index (κ2) is 12.0. The van der Waals surface area contributed by atoms with Gasteiger partial charge in [0, 0.05) is 42.6 Å². The van der Waals surface area contributed by atoms with Crippen LogP contribution in [0, 0.1) is 29.1 Å². The van der Waals surface area contributed by atoms with Gasteiger partial charge in [-0.3, -0.25) is 4.79 Å². The van der Waals surface area contributed by atoms with Crippen molar-refractivity contribution >= 4 is 35.0 Å². The Balaban J connectivity index is 1.57. The van der Waals surface area contributed by atoms with E-state index in [0.29, 0.717) is 55.4 Å². The number of amides is 2. The Kier molecular flexibility index (Phi) is 8.95. The largest absolute Gasteiger partial charge is 0.477 e. The molecule has 9 heteroatoms. The van der Waals surface area contributed by atoms with E-state index in [4.69, 9.17) is 4.74 Å². The Morgan fingerprint density at radius 2 is 1.82 bits per heavy atom. The number of carboxylic acids is 1. The van der Waals surface area contributed by atoms with E-state index < -0.39 is 5.97 Å². The molecule has 0 aromatic carbocycles. The number of likely N-dealkylation sites (tertiary alicyclic amines) is 1. The van der Waals surface area contributed by atoms with Crippen LogP contribution in [0.4, 0.5) is 10.5 Å². The van der Waals surface area contributed by atoms with Crippen LogP contribution in [-0.4, -0.2) is 59.8 Å². The van der Waals surface area contributed by atoms with Gasteiger partial charge in [0.05, 0.1) is 17.1 Å². The Morgan fingerprint density at radius 1 is 1.15 bits per heavy atom. The van der Waals surface area contributed by atoms with Crippen molar-refractivity contribution in [3.05, 3.63) is 28.1 Å². The molecule has 4 rings (SSSR count). The lowest BCUT2D eigenvalue weighted by Crippen LogP contribution is -2.51. The van der Waals surface area contributed by atoms with Crippen molar-refractivity contribution in [1.82, 2.24) is 10.2 Å². The standard InChI is InChI=1S/C30H41N3O5S/c1-19-6-8-21(9-7-19)27(34)33(25-17-24(10-13-30(3,4)5)39-26(25)28(35)36)22-11-14-32(15-12-22)29(37)38-23-16-20(2)31-18-23/h17,19,21-23,31H,2,6-9,11-12,14-16,18H2,1,3-5H3,(H,35,36)/t19-,21-,23-/m0/s1. The van der Waals surface area contributed by atoms with Crippen LogP contribution in [-0.2, 0) is 9.53 Å². The molecule has 1 saturated carbocycles. The summed E-state index contributed by atoms with van der Waals surface area (Å²) in [7, 11) is 0. The number of piperidine rings is 1. The van der Waals surface area contributed by atoms with E-state index in [9.17, 15) is 19.5 Å². The number of nitrogens with zero attached hydrogens (tertiary/aromatic N) is 2. The molecular weight excluding hydrogens is 514 g/mol. The van der Waals surface area contributed by atoms with E-state index in [1.54, 1.807) is 15.9 Å². The number of carboxylic acid groups (broad SMARTS) is 1. The van der Waals surface area contributed by atoms with E-state index in [2.05, 4.69) is 30.7 Å². The first-order chi connectivity index (χ1) is 18.4. The van der Waals surface area contributed by atoms with Crippen molar-refractivity contribution in [3.63, 3.8) is 0 Å². The van der Waals surface area contributed by atoms with Gasteiger partial charge < -0.3 is 25.0 Å². The molecule has 1 aliphatic carbocycles. The summed E-state index contributed by atoms with van der Waals surface area (Å²) in [4.78, 5) is 43.4. The number of anilines is 1. The molecular formula is C30H41N3O5S. The number of ether oxygens (including phenoxy) is 1. The topological polar surface area (TPSA) is 99.2 Å². The first-order valence-corrected chi connectivity index (χ1v) is 14.8. The van der Waals surface area contributed by atoms with Crippen molar-refractivity contribution in [1.29, 1.82) is 0 Å². The highest BCUT2D eigenvalue weighted by Gasteiger charge is 2.38. The maximum Gasteiger partial charge on any atom is 0.410 e. The lowest BCUT2D eigenvalue weighted by molar-refractivity contribution is -0.124. The number of rotatable bonds is 5. The number of hydrogen-bond acceptors (Lipinski definition) is 6. The fraction of sp³-hybridized carbons (Fsp3) is 0.633. The fourth-order valence-corrected chi connectivity index (χ4v) is 6.35. The number of thiophene rings is 1. The fourth-order valence-electron chi connectivity index (χ4n) is 5.51. The second-order valence-corrected chi connectivity index (χ2v) is 13.3. The predicted octanol–water partition coefficient (Wildman–Crippen LogP) is 5.48. The maximum atomic E-state index is 14.1. The molecule has 2 aliphatic heterocycles. The van der Waals surface area contributed by atoms with E-state index in [1.807, 2.05) is 20.8 Å². The Labute approximate surface area is 235 Å². The van der Waals surface area contributed by atoms with Crippen LogP contribution < -0.4 is 10.2 Å². The van der Waals surface area contributed by atoms with E-state index >= 15 is 0 Å². The van der Waals surface area contributed by atoms with Gasteiger partial charge in [0.1, 0.15) is 11.0 Å². The molecule has 3 aliphatic rings. The average Bonchev–Trinajstić information content (AvgIpc) is 3.49. The third-order valence-electron chi connectivity index (χ3n) is 7.74. The molecule has 39 heavy (non-hydrogen) atoms. The van der Waals surface area contributed by atoms with Crippen LogP contribution in [0.3, 0.4) is 0 Å². The van der Waals surface area contributed by atoms with Gasteiger partial charge in [0.2, 0.25) is 5.91 Å². The summed E-state index contributed by atoms with van der Waals surface area (Å²) in [6.45, 7) is 13.6. The summed E-state index contributed by atoms with van der Waals surface area (Å²) in [5.41, 5.74) is 1.07. The van der Waals surface area contributed by atoms with Crippen LogP contribution >= 0.6 is 11.3 Å². The normalized spacial score (nSPS) is 23.9. The van der Waals surface area contributed by atoms with Gasteiger partial charge in [0.25, 0.3) is 0 Å². The molecule has 2 amide bonds. The molecule has 1 aromatic rings. The van der Waals surface area contributed by atoms with Crippen molar-refractivity contribution in [3.8, 4) is 11.8 Å². The highest BCUT2D eigenvalue weighted by Crippen LogP contribution is 2.38. The summed E-state index contributed by atoms with van der Waals surface area (Å²) in [6.07, 6.45) is 4.76. The molecule has 3 heterocycles. The number of nitrogens with one attached hydrogen (secondary N) is 1. The van der Waals surface area contributed by atoms with Crippen molar-refractivity contribution in [2.24, 2.45) is 17.3 Å². The van der Waals surface area contributed by atoms with Gasteiger partial charge in [-0.1, -0.05) is 25.3 Å². The van der Waals surface area contributed by atoms with E-state index in [0.717, 1.165) is 42.7 Å². The molecule has 0 radical (unpaired) electrons. The Hall–Kier alpha value is -2.99. The van der Waals surface area contributed by atoms with Gasteiger partial charge in [-0.2, -0.15) is 0 Å². The number of carbonyl (C=O) groups is 3. The smallest absolute Gasteiger partial charge is 0.410 e. The molecule has 2 saturated heterocycles. The lowest BCUT2D eigenvalue weighted by Gasteiger charge is -2.40. The highest BCUT2D eigenvalue weighted by molar-refractivity contribution is 7.15. The average molecular weight is 556 g/mol. The molecule has 8 nitrogen and oxygen atoms in total. The summed E-state index contributed by atoms with van der Waals surface area (Å²) < 4.78 is 5.65. The molecule has 2 N–H and O–H groups in total. The molecule has 0 spiro atoms. The number of hydrogen-bond donors (Lipinski definition) is 2. The summed E-state index contributed by atoms with van der Waals surface area (Å²) in [6, 6.07) is 1.57. The molecule has 3 fully saturated rings. The molecule has 212 valence electrons. The van der Waals surface area contributed by atoms with Gasteiger partial charge in [0.15, 0.2) is 0 Å². The van der Waals surface area contributed by atoms with Gasteiger partial charge >= 0.3 is 12.1 Å². The van der Waals surface area contributed by atoms with Crippen molar-refractivity contribution in [2.45, 2.75) is 84.8 Å². The summed E-state index contributed by atoms with van der Waals surface area (Å²) in [5, 5.41) is 13.2. The first kappa shape index (κ1) is 29.0. The molecule has 1 atom stereocenters. The summed E-state index contributed by atoms with van der Waals surface area (Å²) >= 11 is 1.12. The van der Waals surface area contributed by atoms with Gasteiger partial charge in [-0.25, -0.2) is 9.59 Å². The molecule has 1 aromatic heterocycles. The van der Waals surface area contributed by atoms with E-state index in [-0.39, 0.29) is 40.4 Å². The van der Waals surface area contributed by atoms with Gasteiger partial charge in [-0.15, -0.1) is 11.3 Å². The minimum atomic E-state index is -1.05. The zero-order valence-corrected chi connectivity index (χ0v) is 24.4. The highest BCUT2D eigenvalue weighted by atomic mass is 32.1. The predicted molar refractivity (Wildman–Crippen MR) is 153 cm³/mol. The van der Waals surface area contributed by atoms with Crippen molar-refractivity contribution in [2.75, 3.05) is 24.5 Å². The minimum Gasteiger partial charge on any atom is -0.477 e. The zero-order chi connectivity index (χ0) is 28.3. The molecule has 0 unspecified atom stereocenters. The number of carbonyl (C=O) groups excluding carboxylic acids is 2. The molecule has 0 bridgehead atoms. The monoisotopic (exact) mass is 555 g/mol. The Morgan fingerprint density at radius 3 is 2.38 bits per heavy atom. The SMILES string of the molecule is C=C1C[C@H](OC(=O)N2CCC(N(c3cc(C#CC(C)(C)C)sc3C(=O)O)C(=O)[C@H]3CC[C@H](C)CC3)CC2)CN1. The van der Waals surface area contributed by atoms with E-state index in [1.165, 1.54) is 0 Å². The summed E-state index contributed by atoms with van der Waals surface area (Å²) in [5.74, 6) is 5.72. The van der Waals surface area contributed by atoms with Crippen LogP contribution in [0.5, 0.6) is 0 Å². The van der Waals surface area contributed by atoms with Crippen LogP contribution in [0.15, 0.2) is 18.3 Å². The van der Waals surface area contributed by atoms with Crippen LogP contribution in [0.25, 0.3) is 0 Å². The van der Waals surface area contributed by atoms with Gasteiger partial charge in [-0.05, 0) is 71.3 Å². The lowest BCUT2D eigenvalue weighted by atomic mass is 9.82. The van der Waals surface area contributed by atoms with Crippen LogP contribution in [0.2, 0.25) is 0 Å². The Bertz CT molecular complexity index is 1160.